The Labute approximate surface area is 132 Å². The lowest BCUT2D eigenvalue weighted by molar-refractivity contribution is -0.119. The highest BCUT2D eigenvalue weighted by Gasteiger charge is 2.15. The molecule has 2 N–H and O–H groups in total. The Kier molecular flexibility index (Phi) is 7.99. The Balaban J connectivity index is 0.00000400. The Hall–Kier alpha value is -1.59. The largest absolute Gasteiger partial charge is 0.345 e. The predicted octanol–water partition coefficient (Wildman–Crippen LogP) is 1.91. The molecule has 5 nitrogen and oxygen atoms in total. The second kappa shape index (κ2) is 8.64. The van der Waals surface area contributed by atoms with Crippen LogP contribution >= 0.6 is 12.4 Å². The van der Waals surface area contributed by atoms with Gasteiger partial charge in [-0.25, -0.2) is 0 Å². The number of hydrogen-bond donors (Lipinski definition) is 2. The SMILES string of the molecule is CNCC(C)C(=O)Nc1ccc(C)c(C(=O)N(C)C)c1.Cl. The lowest BCUT2D eigenvalue weighted by Crippen LogP contribution is -2.29. The van der Waals surface area contributed by atoms with Crippen molar-refractivity contribution in [3.8, 4) is 0 Å². The molecule has 0 saturated carbocycles. The van der Waals surface area contributed by atoms with Gasteiger partial charge in [0.05, 0.1) is 0 Å². The van der Waals surface area contributed by atoms with E-state index in [1.807, 2.05) is 33.0 Å². The molecule has 1 atom stereocenters. The summed E-state index contributed by atoms with van der Waals surface area (Å²) in [7, 11) is 5.23. The number of nitrogens with one attached hydrogen (secondary N) is 2. The maximum absolute atomic E-state index is 12.0. The van der Waals surface area contributed by atoms with E-state index >= 15 is 0 Å². The van der Waals surface area contributed by atoms with Crippen LogP contribution in [0, 0.1) is 12.8 Å². The van der Waals surface area contributed by atoms with Crippen LogP contribution in [0.15, 0.2) is 18.2 Å². The molecule has 21 heavy (non-hydrogen) atoms. The number of rotatable bonds is 5. The number of aryl methyl sites for hydroxylation is 1. The third-order valence-corrected chi connectivity index (χ3v) is 3.10. The lowest BCUT2D eigenvalue weighted by Gasteiger charge is -2.15. The van der Waals surface area contributed by atoms with E-state index in [9.17, 15) is 9.59 Å². The van der Waals surface area contributed by atoms with Crippen molar-refractivity contribution in [1.29, 1.82) is 0 Å². The fourth-order valence-electron chi connectivity index (χ4n) is 1.84. The van der Waals surface area contributed by atoms with Crippen molar-refractivity contribution in [2.75, 3.05) is 33.0 Å². The highest BCUT2D eigenvalue weighted by atomic mass is 35.5. The minimum atomic E-state index is -0.130. The summed E-state index contributed by atoms with van der Waals surface area (Å²) in [4.78, 5) is 25.5. The third kappa shape index (κ3) is 5.36. The molecule has 0 aliphatic rings. The molecule has 0 radical (unpaired) electrons. The monoisotopic (exact) mass is 313 g/mol. The molecule has 1 aromatic rings. The molecule has 118 valence electrons. The van der Waals surface area contributed by atoms with E-state index in [1.165, 1.54) is 4.90 Å². The molecule has 0 spiro atoms. The van der Waals surface area contributed by atoms with Gasteiger partial charge in [0.2, 0.25) is 5.91 Å². The Morgan fingerprint density at radius 2 is 1.90 bits per heavy atom. The molecule has 0 saturated heterocycles. The molecular weight excluding hydrogens is 290 g/mol. The van der Waals surface area contributed by atoms with Crippen molar-refractivity contribution in [3.63, 3.8) is 0 Å². The number of nitrogens with zero attached hydrogens (tertiary/aromatic N) is 1. The molecule has 0 bridgehead atoms. The van der Waals surface area contributed by atoms with Crippen LogP contribution in [0.2, 0.25) is 0 Å². The van der Waals surface area contributed by atoms with Gasteiger partial charge in [0.15, 0.2) is 0 Å². The smallest absolute Gasteiger partial charge is 0.253 e. The van der Waals surface area contributed by atoms with Gasteiger partial charge in [0.1, 0.15) is 0 Å². The molecule has 1 aromatic carbocycles. The Morgan fingerprint density at radius 3 is 2.43 bits per heavy atom. The molecule has 0 aliphatic heterocycles. The Bertz CT molecular complexity index is 504. The quantitative estimate of drug-likeness (QED) is 0.873. The van der Waals surface area contributed by atoms with Crippen LogP contribution in [0.25, 0.3) is 0 Å². The molecule has 1 rings (SSSR count). The van der Waals surface area contributed by atoms with Crippen LogP contribution in [-0.2, 0) is 4.79 Å². The summed E-state index contributed by atoms with van der Waals surface area (Å²) >= 11 is 0. The fourth-order valence-corrected chi connectivity index (χ4v) is 1.84. The zero-order chi connectivity index (χ0) is 15.3. The van der Waals surface area contributed by atoms with Crippen molar-refractivity contribution < 1.29 is 9.59 Å². The predicted molar refractivity (Wildman–Crippen MR) is 88.2 cm³/mol. The first-order valence-corrected chi connectivity index (χ1v) is 6.64. The molecule has 0 aromatic heterocycles. The van der Waals surface area contributed by atoms with E-state index < -0.39 is 0 Å². The fraction of sp³-hybridized carbons (Fsp3) is 0.467. The van der Waals surface area contributed by atoms with Crippen LogP contribution in [-0.4, -0.2) is 44.4 Å². The van der Waals surface area contributed by atoms with Crippen molar-refractivity contribution >= 4 is 29.9 Å². The van der Waals surface area contributed by atoms with Gasteiger partial charge >= 0.3 is 0 Å². The first kappa shape index (κ1) is 19.4. The summed E-state index contributed by atoms with van der Waals surface area (Å²) in [6, 6.07) is 5.38. The van der Waals surface area contributed by atoms with Crippen LogP contribution < -0.4 is 10.6 Å². The molecule has 1 unspecified atom stereocenters. The van der Waals surface area contributed by atoms with Gasteiger partial charge in [-0.1, -0.05) is 13.0 Å². The Morgan fingerprint density at radius 1 is 1.29 bits per heavy atom. The third-order valence-electron chi connectivity index (χ3n) is 3.10. The van der Waals surface area contributed by atoms with E-state index in [0.717, 1.165) is 5.56 Å². The summed E-state index contributed by atoms with van der Waals surface area (Å²) in [5.74, 6) is -0.261. The van der Waals surface area contributed by atoms with Crippen molar-refractivity contribution in [2.24, 2.45) is 5.92 Å². The number of anilines is 1. The van der Waals surface area contributed by atoms with Crippen LogP contribution in [0.5, 0.6) is 0 Å². The summed E-state index contributed by atoms with van der Waals surface area (Å²) in [6.45, 7) is 4.35. The van der Waals surface area contributed by atoms with Gasteiger partial charge in [-0.15, -0.1) is 12.4 Å². The van der Waals surface area contributed by atoms with Gasteiger partial charge < -0.3 is 15.5 Å². The van der Waals surface area contributed by atoms with Crippen molar-refractivity contribution in [1.82, 2.24) is 10.2 Å². The van der Waals surface area contributed by atoms with Crippen molar-refractivity contribution in [2.45, 2.75) is 13.8 Å². The molecular formula is C15H24ClN3O2. The van der Waals surface area contributed by atoms with Crippen LogP contribution in [0.1, 0.15) is 22.8 Å². The molecule has 0 fully saturated rings. The second-order valence-electron chi connectivity index (χ2n) is 5.18. The normalized spacial score (nSPS) is 11.3. The summed E-state index contributed by atoms with van der Waals surface area (Å²) in [5.41, 5.74) is 2.15. The number of carbonyl (C=O) groups excluding carboxylic acids is 2. The minimum Gasteiger partial charge on any atom is -0.345 e. The maximum Gasteiger partial charge on any atom is 0.253 e. The molecule has 0 heterocycles. The average Bonchev–Trinajstić information content (AvgIpc) is 2.40. The minimum absolute atomic E-state index is 0. The van der Waals surface area contributed by atoms with E-state index in [-0.39, 0.29) is 30.1 Å². The molecule has 2 amide bonds. The number of amides is 2. The van der Waals surface area contributed by atoms with Gasteiger partial charge in [-0.3, -0.25) is 9.59 Å². The number of hydrogen-bond acceptors (Lipinski definition) is 3. The number of carbonyl (C=O) groups is 2. The van der Waals surface area contributed by atoms with Gasteiger partial charge in [-0.05, 0) is 31.7 Å². The zero-order valence-corrected chi connectivity index (χ0v) is 14.0. The standard InChI is InChI=1S/C15H23N3O2.ClH/c1-10-6-7-12(8-13(10)15(20)18(4)5)17-14(19)11(2)9-16-3;/h6-8,11,16H,9H2,1-5H3,(H,17,19);1H. The highest BCUT2D eigenvalue weighted by Crippen LogP contribution is 2.17. The van der Waals surface area contributed by atoms with E-state index in [1.54, 1.807) is 20.2 Å². The van der Waals surface area contributed by atoms with Crippen LogP contribution in [0.4, 0.5) is 5.69 Å². The van der Waals surface area contributed by atoms with Gasteiger partial charge in [0, 0.05) is 37.8 Å². The van der Waals surface area contributed by atoms with E-state index in [2.05, 4.69) is 10.6 Å². The van der Waals surface area contributed by atoms with Crippen LogP contribution in [0.3, 0.4) is 0 Å². The number of benzene rings is 1. The second-order valence-corrected chi connectivity index (χ2v) is 5.18. The highest BCUT2D eigenvalue weighted by molar-refractivity contribution is 5.98. The van der Waals surface area contributed by atoms with E-state index in [4.69, 9.17) is 0 Å². The zero-order valence-electron chi connectivity index (χ0n) is 13.2. The molecule has 6 heteroatoms. The topological polar surface area (TPSA) is 61.4 Å². The summed E-state index contributed by atoms with van der Waals surface area (Å²) in [5, 5.41) is 5.80. The summed E-state index contributed by atoms with van der Waals surface area (Å²) < 4.78 is 0. The number of halogens is 1. The van der Waals surface area contributed by atoms with Gasteiger partial charge in [-0.2, -0.15) is 0 Å². The summed E-state index contributed by atoms with van der Waals surface area (Å²) in [6.07, 6.45) is 0. The molecule has 0 aliphatic carbocycles. The lowest BCUT2D eigenvalue weighted by atomic mass is 10.1. The average molecular weight is 314 g/mol. The van der Waals surface area contributed by atoms with E-state index in [0.29, 0.717) is 17.8 Å². The van der Waals surface area contributed by atoms with Crippen molar-refractivity contribution in [3.05, 3.63) is 29.3 Å². The van der Waals surface area contributed by atoms with Gasteiger partial charge in [0.25, 0.3) is 5.91 Å². The maximum atomic E-state index is 12.0. The first-order valence-electron chi connectivity index (χ1n) is 6.64. The first-order chi connectivity index (χ1) is 9.36.